The van der Waals surface area contributed by atoms with E-state index in [-0.39, 0.29) is 0 Å². The summed E-state index contributed by atoms with van der Waals surface area (Å²) >= 11 is 0. The molecule has 1 unspecified atom stereocenters. The van der Waals surface area contributed by atoms with Crippen molar-refractivity contribution in [2.75, 3.05) is 44.5 Å². The number of ether oxygens (including phenoxy) is 2. The number of methoxy groups -OCH3 is 1. The van der Waals surface area contributed by atoms with Crippen LogP contribution in [0.25, 0.3) is 0 Å². The predicted molar refractivity (Wildman–Crippen MR) is 146 cm³/mol. The van der Waals surface area contributed by atoms with E-state index in [4.69, 9.17) is 9.47 Å². The summed E-state index contributed by atoms with van der Waals surface area (Å²) in [6, 6.07) is 15.0. The third kappa shape index (κ3) is 8.78. The molecule has 188 valence electrons. The Morgan fingerprint density at radius 1 is 1.03 bits per heavy atom. The molecule has 0 bridgehead atoms. The van der Waals surface area contributed by atoms with Gasteiger partial charge in [0.25, 0.3) is 0 Å². The summed E-state index contributed by atoms with van der Waals surface area (Å²) in [5.41, 5.74) is 4.41. The van der Waals surface area contributed by atoms with Crippen LogP contribution in [0.15, 0.2) is 42.5 Å². The van der Waals surface area contributed by atoms with Gasteiger partial charge in [0.1, 0.15) is 11.5 Å². The zero-order valence-electron chi connectivity index (χ0n) is 21.8. The van der Waals surface area contributed by atoms with Crippen LogP contribution in [0.1, 0.15) is 57.6 Å². The van der Waals surface area contributed by atoms with Crippen molar-refractivity contribution in [3.05, 3.63) is 53.6 Å². The monoisotopic (exact) mass is 485 g/mol. The van der Waals surface area contributed by atoms with Crippen molar-refractivity contribution in [1.29, 1.82) is 0 Å². The van der Waals surface area contributed by atoms with Crippen molar-refractivity contribution in [3.63, 3.8) is 0 Å². The standard InChI is InChI=1S/C29H44NO3P/c1-29(2,3)16-7-9-25-11-12-26(32-4)21-28(25)30-17-13-24(14-18-30)22-33-27-10-6-8-23(20-27)15-19-34(5)31/h6,8,10-12,20-21,24,31H,7,9,13-19,22H2,1-5H3. The molecule has 1 heterocycles. The van der Waals surface area contributed by atoms with E-state index in [1.165, 1.54) is 29.7 Å². The largest absolute Gasteiger partial charge is 0.497 e. The molecule has 0 saturated carbocycles. The fraction of sp³-hybridized carbons (Fsp3) is 0.586. The van der Waals surface area contributed by atoms with Gasteiger partial charge in [-0.3, -0.25) is 0 Å². The van der Waals surface area contributed by atoms with E-state index in [1.54, 1.807) is 7.11 Å². The predicted octanol–water partition coefficient (Wildman–Crippen LogP) is 6.92. The van der Waals surface area contributed by atoms with Crippen molar-refractivity contribution in [2.45, 2.75) is 59.3 Å². The van der Waals surface area contributed by atoms with Crippen LogP contribution in [0.3, 0.4) is 0 Å². The molecule has 1 fully saturated rings. The molecule has 4 nitrogen and oxygen atoms in total. The Kier molecular flexibility index (Phi) is 10.1. The fourth-order valence-electron chi connectivity index (χ4n) is 4.62. The minimum Gasteiger partial charge on any atom is -0.497 e. The molecule has 0 amide bonds. The number of aryl methyl sites for hydroxylation is 2. The van der Waals surface area contributed by atoms with Crippen LogP contribution >= 0.6 is 8.15 Å². The number of rotatable bonds is 11. The number of hydrogen-bond donors (Lipinski definition) is 1. The molecular weight excluding hydrogens is 441 g/mol. The van der Waals surface area contributed by atoms with Crippen LogP contribution in [0, 0.1) is 11.3 Å². The molecule has 5 heteroatoms. The van der Waals surface area contributed by atoms with Crippen LogP contribution in [0.5, 0.6) is 11.5 Å². The van der Waals surface area contributed by atoms with Gasteiger partial charge in [0.05, 0.1) is 13.7 Å². The molecule has 1 atom stereocenters. The fourth-order valence-corrected chi connectivity index (χ4v) is 5.20. The van der Waals surface area contributed by atoms with Crippen LogP contribution in [-0.4, -0.2) is 44.5 Å². The van der Waals surface area contributed by atoms with Crippen LogP contribution < -0.4 is 14.4 Å². The molecule has 0 aliphatic carbocycles. The molecule has 3 rings (SSSR count). The summed E-state index contributed by atoms with van der Waals surface area (Å²) in [5.74, 6) is 2.47. The Labute approximate surface area is 208 Å². The van der Waals surface area contributed by atoms with Gasteiger partial charge in [0.2, 0.25) is 0 Å². The smallest absolute Gasteiger partial charge is 0.120 e. The van der Waals surface area contributed by atoms with Gasteiger partial charge in [-0.25, -0.2) is 0 Å². The van der Waals surface area contributed by atoms with E-state index >= 15 is 0 Å². The first kappa shape index (κ1) is 26.8. The number of nitrogens with zero attached hydrogens (tertiary/aromatic N) is 1. The number of anilines is 1. The Balaban J connectivity index is 1.53. The van der Waals surface area contributed by atoms with Crippen molar-refractivity contribution < 1.29 is 14.4 Å². The van der Waals surface area contributed by atoms with Gasteiger partial charge >= 0.3 is 0 Å². The van der Waals surface area contributed by atoms with E-state index in [1.807, 2.05) is 12.7 Å². The van der Waals surface area contributed by atoms with Gasteiger partial charge in [-0.1, -0.05) is 39.0 Å². The van der Waals surface area contributed by atoms with Crippen molar-refractivity contribution >= 4 is 13.8 Å². The second-order valence-corrected chi connectivity index (χ2v) is 12.7. The highest BCUT2D eigenvalue weighted by Gasteiger charge is 2.22. The van der Waals surface area contributed by atoms with E-state index < -0.39 is 8.15 Å². The molecule has 0 radical (unpaired) electrons. The maximum atomic E-state index is 9.60. The molecule has 2 aromatic carbocycles. The number of piperidine rings is 1. The van der Waals surface area contributed by atoms with Gasteiger partial charge in [-0.2, -0.15) is 0 Å². The van der Waals surface area contributed by atoms with Crippen LogP contribution in [0.4, 0.5) is 5.69 Å². The molecule has 1 aliphatic rings. The van der Waals surface area contributed by atoms with Gasteiger partial charge in [0, 0.05) is 33.0 Å². The highest BCUT2D eigenvalue weighted by molar-refractivity contribution is 7.50. The van der Waals surface area contributed by atoms with Crippen LogP contribution in [-0.2, 0) is 12.8 Å². The van der Waals surface area contributed by atoms with Crippen molar-refractivity contribution in [2.24, 2.45) is 11.3 Å². The average Bonchev–Trinajstić information content (AvgIpc) is 2.81. The van der Waals surface area contributed by atoms with Gasteiger partial charge < -0.3 is 19.3 Å². The Morgan fingerprint density at radius 2 is 1.79 bits per heavy atom. The minimum absolute atomic E-state index is 0.378. The highest BCUT2D eigenvalue weighted by Crippen LogP contribution is 2.32. The lowest BCUT2D eigenvalue weighted by Gasteiger charge is -2.35. The zero-order valence-corrected chi connectivity index (χ0v) is 22.7. The Morgan fingerprint density at radius 3 is 2.47 bits per heavy atom. The molecule has 0 aromatic heterocycles. The van der Waals surface area contributed by atoms with Gasteiger partial charge in [-0.15, -0.1) is 0 Å². The second-order valence-electron chi connectivity index (χ2n) is 10.9. The van der Waals surface area contributed by atoms with E-state index in [0.29, 0.717) is 11.3 Å². The quantitative estimate of drug-likeness (QED) is 0.351. The van der Waals surface area contributed by atoms with Crippen molar-refractivity contribution in [1.82, 2.24) is 0 Å². The second kappa shape index (κ2) is 12.8. The van der Waals surface area contributed by atoms with Gasteiger partial charge in [0.15, 0.2) is 0 Å². The molecular formula is C29H44NO3P. The SMILES string of the molecule is COc1ccc(CCCC(C)(C)C)c(N2CCC(COc3cccc(CCP(C)O)c3)CC2)c1. The molecule has 1 saturated heterocycles. The number of hydrogen-bond acceptors (Lipinski definition) is 4. The minimum atomic E-state index is -0.844. The summed E-state index contributed by atoms with van der Waals surface area (Å²) in [6.45, 7) is 11.8. The molecule has 1 N–H and O–H groups in total. The first-order valence-corrected chi connectivity index (χ1v) is 14.7. The first-order chi connectivity index (χ1) is 16.2. The molecule has 1 aliphatic heterocycles. The topological polar surface area (TPSA) is 41.9 Å². The molecule has 34 heavy (non-hydrogen) atoms. The molecule has 0 spiro atoms. The highest BCUT2D eigenvalue weighted by atomic mass is 31.1. The Hall–Kier alpha value is -1.77. The summed E-state index contributed by atoms with van der Waals surface area (Å²) in [5, 5.41) is 0. The summed E-state index contributed by atoms with van der Waals surface area (Å²) in [7, 11) is 0.908. The van der Waals surface area contributed by atoms with Crippen molar-refractivity contribution in [3.8, 4) is 11.5 Å². The lowest BCUT2D eigenvalue weighted by molar-refractivity contribution is 0.222. The maximum absolute atomic E-state index is 9.60. The normalized spacial score (nSPS) is 15.9. The number of benzene rings is 2. The summed E-state index contributed by atoms with van der Waals surface area (Å²) in [6.07, 6.45) is 7.61. The lowest BCUT2D eigenvalue weighted by Crippen LogP contribution is -2.36. The molecule has 2 aromatic rings. The van der Waals surface area contributed by atoms with Gasteiger partial charge in [-0.05, 0) is 92.0 Å². The first-order valence-electron chi connectivity index (χ1n) is 12.8. The van der Waals surface area contributed by atoms with Crippen LogP contribution in [0.2, 0.25) is 0 Å². The maximum Gasteiger partial charge on any atom is 0.120 e. The third-order valence-corrected chi connectivity index (χ3v) is 7.60. The van der Waals surface area contributed by atoms with E-state index in [9.17, 15) is 4.89 Å². The van der Waals surface area contributed by atoms with E-state index in [2.05, 4.69) is 62.1 Å². The Bertz CT molecular complexity index is 885. The zero-order chi connectivity index (χ0) is 24.6. The summed E-state index contributed by atoms with van der Waals surface area (Å²) < 4.78 is 11.7. The third-order valence-electron chi connectivity index (χ3n) is 6.73. The lowest BCUT2D eigenvalue weighted by atomic mass is 9.88. The van der Waals surface area contributed by atoms with E-state index in [0.717, 1.165) is 63.0 Å². The summed E-state index contributed by atoms with van der Waals surface area (Å²) in [4.78, 5) is 12.1. The average molecular weight is 486 g/mol.